The Bertz CT molecular complexity index is 299. The highest BCUT2D eigenvalue weighted by atomic mass is 16.5. The number of piperazine rings is 1. The van der Waals surface area contributed by atoms with Gasteiger partial charge >= 0.3 is 0 Å². The van der Waals surface area contributed by atoms with Crippen LogP contribution in [0.5, 0.6) is 0 Å². The molecule has 0 aromatic rings. The third-order valence-corrected chi connectivity index (χ3v) is 5.27. The van der Waals surface area contributed by atoms with Crippen molar-refractivity contribution in [2.45, 2.75) is 63.3 Å². The molecule has 19 heavy (non-hydrogen) atoms. The molecule has 0 aromatic carbocycles. The third kappa shape index (κ3) is 2.97. The predicted octanol–water partition coefficient (Wildman–Crippen LogP) is 1.05. The molecule has 0 aromatic heterocycles. The Labute approximate surface area is 117 Å². The monoisotopic (exact) mass is 267 g/mol. The minimum absolute atomic E-state index is 0.371. The number of rotatable bonds is 3. The molecule has 3 heterocycles. The molecule has 3 aliphatic rings. The predicted molar refractivity (Wildman–Crippen MR) is 77.2 cm³/mol. The van der Waals surface area contributed by atoms with E-state index in [1.54, 1.807) is 0 Å². The van der Waals surface area contributed by atoms with Gasteiger partial charge in [-0.05, 0) is 39.2 Å². The molecule has 3 fully saturated rings. The van der Waals surface area contributed by atoms with E-state index in [1.807, 2.05) is 0 Å². The second-order valence-electron chi connectivity index (χ2n) is 6.55. The van der Waals surface area contributed by atoms with E-state index < -0.39 is 0 Å². The smallest absolute Gasteiger partial charge is 0.0747 e. The number of piperidine rings is 1. The summed E-state index contributed by atoms with van der Waals surface area (Å²) in [5.41, 5.74) is 6.06. The zero-order chi connectivity index (χ0) is 13.2. The van der Waals surface area contributed by atoms with Gasteiger partial charge in [0.1, 0.15) is 0 Å². The fraction of sp³-hybridized carbons (Fsp3) is 1.00. The summed E-state index contributed by atoms with van der Waals surface area (Å²) in [6, 6.07) is 1.21. The van der Waals surface area contributed by atoms with Crippen molar-refractivity contribution in [2.75, 3.05) is 32.7 Å². The van der Waals surface area contributed by atoms with Crippen LogP contribution in [0, 0.1) is 0 Å². The molecule has 0 saturated carbocycles. The Morgan fingerprint density at radius 1 is 1.16 bits per heavy atom. The molecule has 4 nitrogen and oxygen atoms in total. The first kappa shape index (κ1) is 13.8. The Morgan fingerprint density at radius 2 is 2.05 bits per heavy atom. The molecule has 0 radical (unpaired) electrons. The lowest BCUT2D eigenvalue weighted by atomic mass is 9.97. The summed E-state index contributed by atoms with van der Waals surface area (Å²) < 4.78 is 6.07. The third-order valence-electron chi connectivity index (χ3n) is 5.27. The van der Waals surface area contributed by atoms with Gasteiger partial charge in [0.2, 0.25) is 0 Å². The molecule has 4 unspecified atom stereocenters. The maximum absolute atomic E-state index is 6.07. The van der Waals surface area contributed by atoms with Gasteiger partial charge in [-0.3, -0.25) is 9.80 Å². The van der Waals surface area contributed by atoms with Crippen LogP contribution in [0.1, 0.15) is 39.0 Å². The van der Waals surface area contributed by atoms with Crippen molar-refractivity contribution >= 4 is 0 Å². The van der Waals surface area contributed by atoms with E-state index in [1.165, 1.54) is 58.3 Å². The fourth-order valence-electron chi connectivity index (χ4n) is 4.13. The topological polar surface area (TPSA) is 41.7 Å². The summed E-state index contributed by atoms with van der Waals surface area (Å²) in [6.07, 6.45) is 7.35. The summed E-state index contributed by atoms with van der Waals surface area (Å²) in [5.74, 6) is 0. The molecule has 4 atom stereocenters. The number of nitrogens with zero attached hydrogens (tertiary/aromatic N) is 2. The first-order valence-corrected chi connectivity index (χ1v) is 8.11. The molecular weight excluding hydrogens is 238 g/mol. The van der Waals surface area contributed by atoms with Gasteiger partial charge in [-0.2, -0.15) is 0 Å². The van der Waals surface area contributed by atoms with E-state index in [9.17, 15) is 0 Å². The highest BCUT2D eigenvalue weighted by Crippen LogP contribution is 2.27. The van der Waals surface area contributed by atoms with E-state index in [2.05, 4.69) is 16.7 Å². The van der Waals surface area contributed by atoms with Crippen molar-refractivity contribution in [3.63, 3.8) is 0 Å². The van der Waals surface area contributed by atoms with Crippen LogP contribution < -0.4 is 5.73 Å². The van der Waals surface area contributed by atoms with Crippen molar-refractivity contribution in [3.8, 4) is 0 Å². The van der Waals surface area contributed by atoms with Crippen molar-refractivity contribution < 1.29 is 4.74 Å². The Hall–Kier alpha value is -0.160. The van der Waals surface area contributed by atoms with Gasteiger partial charge in [0.25, 0.3) is 0 Å². The van der Waals surface area contributed by atoms with Crippen LogP contribution in [-0.4, -0.2) is 66.8 Å². The quantitative estimate of drug-likeness (QED) is 0.830. The lowest BCUT2D eigenvalue weighted by Gasteiger charge is -2.47. The van der Waals surface area contributed by atoms with Crippen LogP contribution in [0.15, 0.2) is 0 Å². The molecule has 2 N–H and O–H groups in total. The van der Waals surface area contributed by atoms with Crippen molar-refractivity contribution in [3.05, 3.63) is 0 Å². The van der Waals surface area contributed by atoms with Gasteiger partial charge in [0.15, 0.2) is 0 Å². The average Bonchev–Trinajstić information content (AvgIpc) is 2.86. The maximum Gasteiger partial charge on any atom is 0.0747 e. The van der Waals surface area contributed by atoms with Gasteiger partial charge in [-0.25, -0.2) is 0 Å². The zero-order valence-corrected chi connectivity index (χ0v) is 12.3. The van der Waals surface area contributed by atoms with Crippen LogP contribution in [0.4, 0.5) is 0 Å². The SMILES string of the molecule is CC1CCC(C(CN)N2CCN3CCCCC3C2)O1. The summed E-state index contributed by atoms with van der Waals surface area (Å²) in [4.78, 5) is 5.31. The van der Waals surface area contributed by atoms with Gasteiger partial charge in [0.05, 0.1) is 12.2 Å². The Balaban J connectivity index is 1.60. The van der Waals surface area contributed by atoms with Gasteiger partial charge < -0.3 is 10.5 Å². The molecule has 0 bridgehead atoms. The van der Waals surface area contributed by atoms with E-state index >= 15 is 0 Å². The van der Waals surface area contributed by atoms with Crippen molar-refractivity contribution in [2.24, 2.45) is 5.73 Å². The molecule has 3 saturated heterocycles. The maximum atomic E-state index is 6.07. The fourth-order valence-corrected chi connectivity index (χ4v) is 4.13. The molecule has 110 valence electrons. The van der Waals surface area contributed by atoms with Gasteiger partial charge in [-0.15, -0.1) is 0 Å². The number of fused-ring (bicyclic) bond motifs is 1. The molecule has 3 aliphatic heterocycles. The number of ether oxygens (including phenoxy) is 1. The van der Waals surface area contributed by atoms with Crippen LogP contribution in [0.2, 0.25) is 0 Å². The summed E-state index contributed by atoms with van der Waals surface area (Å²) in [7, 11) is 0. The molecule has 0 amide bonds. The molecule has 4 heteroatoms. The minimum atomic E-state index is 0.371. The molecule has 0 aliphatic carbocycles. The highest BCUT2D eigenvalue weighted by molar-refractivity contribution is 4.92. The summed E-state index contributed by atoms with van der Waals surface area (Å²) in [6.45, 7) is 7.84. The lowest BCUT2D eigenvalue weighted by molar-refractivity contribution is -0.0364. The Morgan fingerprint density at radius 3 is 2.79 bits per heavy atom. The van der Waals surface area contributed by atoms with E-state index in [0.717, 1.165) is 12.6 Å². The number of hydrogen-bond acceptors (Lipinski definition) is 4. The van der Waals surface area contributed by atoms with Crippen molar-refractivity contribution in [1.82, 2.24) is 9.80 Å². The van der Waals surface area contributed by atoms with E-state index in [-0.39, 0.29) is 0 Å². The largest absolute Gasteiger partial charge is 0.374 e. The first-order valence-electron chi connectivity index (χ1n) is 8.11. The number of hydrogen-bond donors (Lipinski definition) is 1. The second kappa shape index (κ2) is 6.08. The van der Waals surface area contributed by atoms with E-state index in [0.29, 0.717) is 18.2 Å². The van der Waals surface area contributed by atoms with Crippen molar-refractivity contribution in [1.29, 1.82) is 0 Å². The van der Waals surface area contributed by atoms with Gasteiger partial charge in [0, 0.05) is 38.3 Å². The summed E-state index contributed by atoms with van der Waals surface area (Å²) >= 11 is 0. The minimum Gasteiger partial charge on any atom is -0.374 e. The second-order valence-corrected chi connectivity index (χ2v) is 6.55. The Kier molecular flexibility index (Phi) is 4.42. The molecule has 3 rings (SSSR count). The first-order chi connectivity index (χ1) is 9.28. The standard InChI is InChI=1S/C15H29N3O/c1-12-5-6-15(19-12)14(10-16)18-9-8-17-7-3-2-4-13(17)11-18/h12-15H,2-11,16H2,1H3. The normalized spacial score (nSPS) is 39.2. The lowest BCUT2D eigenvalue weighted by Crippen LogP contribution is -2.60. The molecular formula is C15H29N3O. The highest BCUT2D eigenvalue weighted by Gasteiger charge is 2.37. The van der Waals surface area contributed by atoms with E-state index in [4.69, 9.17) is 10.5 Å². The molecule has 0 spiro atoms. The summed E-state index contributed by atoms with van der Waals surface area (Å²) in [5, 5.41) is 0. The van der Waals surface area contributed by atoms with Crippen LogP contribution in [0.3, 0.4) is 0 Å². The van der Waals surface area contributed by atoms with Crippen LogP contribution in [0.25, 0.3) is 0 Å². The average molecular weight is 267 g/mol. The van der Waals surface area contributed by atoms with Crippen LogP contribution in [-0.2, 0) is 4.74 Å². The van der Waals surface area contributed by atoms with Crippen LogP contribution >= 0.6 is 0 Å². The van der Waals surface area contributed by atoms with Gasteiger partial charge in [-0.1, -0.05) is 6.42 Å². The number of nitrogens with two attached hydrogens (primary N) is 1. The zero-order valence-electron chi connectivity index (χ0n) is 12.3.